The average molecular weight is 319 g/mol. The molecule has 0 radical (unpaired) electrons. The van der Waals surface area contributed by atoms with Crippen LogP contribution in [0.2, 0.25) is 0 Å². The molecule has 1 atom stereocenters. The van der Waals surface area contributed by atoms with Crippen LogP contribution in [0.1, 0.15) is 48.9 Å². The second-order valence-corrected chi connectivity index (χ2v) is 6.14. The van der Waals surface area contributed by atoms with Crippen LogP contribution in [-0.4, -0.2) is 51.1 Å². The van der Waals surface area contributed by atoms with E-state index in [4.69, 9.17) is 8.94 Å². The van der Waals surface area contributed by atoms with Gasteiger partial charge in [-0.2, -0.15) is 4.98 Å². The standard InChI is InChI=1S/C16H25N5O2/c1-5-14-18-16(23-19-14)12(3)21-8-6-20(7-9-21)10-15-17-11(2)13(4)22-15/h12H,5-10H2,1-4H3/t12-/m0/s1. The van der Waals surface area contributed by atoms with E-state index >= 15 is 0 Å². The molecule has 0 saturated carbocycles. The SMILES string of the molecule is CCc1noc([C@H](C)N2CCN(Cc3nc(C)c(C)o3)CC2)n1. The minimum Gasteiger partial charge on any atom is -0.444 e. The van der Waals surface area contributed by atoms with Crippen molar-refractivity contribution < 1.29 is 8.94 Å². The van der Waals surface area contributed by atoms with Gasteiger partial charge in [0.15, 0.2) is 5.82 Å². The van der Waals surface area contributed by atoms with Crippen LogP contribution < -0.4 is 0 Å². The molecule has 0 amide bonds. The number of hydrogen-bond donors (Lipinski definition) is 0. The molecule has 0 N–H and O–H groups in total. The first-order valence-electron chi connectivity index (χ1n) is 8.28. The van der Waals surface area contributed by atoms with Crippen LogP contribution >= 0.6 is 0 Å². The highest BCUT2D eigenvalue weighted by Crippen LogP contribution is 2.21. The Morgan fingerprint density at radius 2 is 1.87 bits per heavy atom. The van der Waals surface area contributed by atoms with Gasteiger partial charge >= 0.3 is 0 Å². The quantitative estimate of drug-likeness (QED) is 0.836. The van der Waals surface area contributed by atoms with Gasteiger partial charge in [0.1, 0.15) is 5.76 Å². The first kappa shape index (κ1) is 16.1. The summed E-state index contributed by atoms with van der Waals surface area (Å²) in [6.45, 7) is 12.8. The van der Waals surface area contributed by atoms with Crippen molar-refractivity contribution in [2.75, 3.05) is 26.2 Å². The van der Waals surface area contributed by atoms with Crippen molar-refractivity contribution >= 4 is 0 Å². The van der Waals surface area contributed by atoms with Gasteiger partial charge in [-0.3, -0.25) is 9.80 Å². The van der Waals surface area contributed by atoms with Gasteiger partial charge in [0.2, 0.25) is 11.8 Å². The van der Waals surface area contributed by atoms with Crippen molar-refractivity contribution in [2.24, 2.45) is 0 Å². The van der Waals surface area contributed by atoms with Crippen molar-refractivity contribution in [1.29, 1.82) is 0 Å². The summed E-state index contributed by atoms with van der Waals surface area (Å²) in [7, 11) is 0. The molecule has 23 heavy (non-hydrogen) atoms. The predicted octanol–water partition coefficient (Wildman–Crippen LogP) is 2.12. The van der Waals surface area contributed by atoms with E-state index in [9.17, 15) is 0 Å². The van der Waals surface area contributed by atoms with Crippen molar-refractivity contribution in [3.8, 4) is 0 Å². The van der Waals surface area contributed by atoms with Crippen LogP contribution in [-0.2, 0) is 13.0 Å². The molecule has 0 aliphatic carbocycles. The minimum absolute atomic E-state index is 0.163. The van der Waals surface area contributed by atoms with Crippen LogP contribution in [0, 0.1) is 13.8 Å². The predicted molar refractivity (Wildman–Crippen MR) is 84.9 cm³/mol. The maximum atomic E-state index is 5.68. The molecular formula is C16H25N5O2. The van der Waals surface area contributed by atoms with E-state index in [1.807, 2.05) is 20.8 Å². The van der Waals surface area contributed by atoms with Crippen molar-refractivity contribution in [2.45, 2.75) is 46.7 Å². The largest absolute Gasteiger partial charge is 0.444 e. The zero-order valence-corrected chi connectivity index (χ0v) is 14.4. The molecule has 2 aromatic rings. The Hall–Kier alpha value is -1.73. The number of oxazole rings is 1. The van der Waals surface area contributed by atoms with Crippen LogP contribution in [0.5, 0.6) is 0 Å². The van der Waals surface area contributed by atoms with Gasteiger partial charge in [-0.1, -0.05) is 12.1 Å². The Kier molecular flexibility index (Phi) is 4.77. The van der Waals surface area contributed by atoms with Crippen LogP contribution in [0.3, 0.4) is 0 Å². The molecule has 3 heterocycles. The fourth-order valence-corrected chi connectivity index (χ4v) is 2.84. The molecule has 2 aromatic heterocycles. The molecule has 0 bridgehead atoms. The van der Waals surface area contributed by atoms with Gasteiger partial charge < -0.3 is 8.94 Å². The van der Waals surface area contributed by atoms with E-state index in [1.165, 1.54) is 0 Å². The molecule has 1 saturated heterocycles. The molecule has 126 valence electrons. The number of rotatable bonds is 5. The highest BCUT2D eigenvalue weighted by molar-refractivity contribution is 5.05. The van der Waals surface area contributed by atoms with E-state index in [0.29, 0.717) is 5.89 Å². The lowest BCUT2D eigenvalue weighted by atomic mass is 10.2. The maximum absolute atomic E-state index is 5.68. The van der Waals surface area contributed by atoms with Gasteiger partial charge in [-0.15, -0.1) is 0 Å². The van der Waals surface area contributed by atoms with Gasteiger partial charge in [0.05, 0.1) is 18.3 Å². The Balaban J connectivity index is 1.53. The summed E-state index contributed by atoms with van der Waals surface area (Å²) in [5.41, 5.74) is 0.982. The molecule has 7 nitrogen and oxygen atoms in total. The van der Waals surface area contributed by atoms with Crippen LogP contribution in [0.4, 0.5) is 0 Å². The third-order valence-electron chi connectivity index (χ3n) is 4.54. The fraction of sp³-hybridized carbons (Fsp3) is 0.688. The van der Waals surface area contributed by atoms with Crippen molar-refractivity contribution in [3.63, 3.8) is 0 Å². The number of nitrogens with zero attached hydrogens (tertiary/aromatic N) is 5. The third kappa shape index (κ3) is 3.61. The van der Waals surface area contributed by atoms with Gasteiger partial charge in [0, 0.05) is 32.6 Å². The van der Waals surface area contributed by atoms with Gasteiger partial charge in [-0.25, -0.2) is 4.98 Å². The van der Waals surface area contributed by atoms with Crippen LogP contribution in [0.25, 0.3) is 0 Å². The van der Waals surface area contributed by atoms with E-state index in [1.54, 1.807) is 0 Å². The van der Waals surface area contributed by atoms with E-state index in [-0.39, 0.29) is 6.04 Å². The molecule has 0 aromatic carbocycles. The summed E-state index contributed by atoms with van der Waals surface area (Å²) in [5.74, 6) is 3.22. The summed E-state index contributed by atoms with van der Waals surface area (Å²) in [6.07, 6.45) is 0.805. The normalized spacial score (nSPS) is 18.4. The Morgan fingerprint density at radius 1 is 1.13 bits per heavy atom. The number of aromatic nitrogens is 3. The molecule has 0 unspecified atom stereocenters. The fourth-order valence-electron chi connectivity index (χ4n) is 2.84. The smallest absolute Gasteiger partial charge is 0.243 e. The van der Waals surface area contributed by atoms with E-state index in [0.717, 1.165) is 62.3 Å². The van der Waals surface area contributed by atoms with Gasteiger partial charge in [-0.05, 0) is 20.8 Å². The highest BCUT2D eigenvalue weighted by atomic mass is 16.5. The molecule has 1 fully saturated rings. The second kappa shape index (κ2) is 6.80. The number of aryl methyl sites for hydroxylation is 3. The van der Waals surface area contributed by atoms with E-state index < -0.39 is 0 Å². The zero-order valence-electron chi connectivity index (χ0n) is 14.4. The zero-order chi connectivity index (χ0) is 16.4. The van der Waals surface area contributed by atoms with Crippen molar-refractivity contribution in [3.05, 3.63) is 29.1 Å². The van der Waals surface area contributed by atoms with E-state index in [2.05, 4.69) is 31.8 Å². The summed E-state index contributed by atoms with van der Waals surface area (Å²) in [6, 6.07) is 0.163. The molecule has 3 rings (SSSR count). The lowest BCUT2D eigenvalue weighted by molar-refractivity contribution is 0.0796. The summed E-state index contributed by atoms with van der Waals surface area (Å²) >= 11 is 0. The summed E-state index contributed by atoms with van der Waals surface area (Å²) < 4.78 is 11.0. The minimum atomic E-state index is 0.163. The Bertz CT molecular complexity index is 623. The molecule has 1 aliphatic heterocycles. The molecule has 7 heteroatoms. The first-order valence-corrected chi connectivity index (χ1v) is 8.28. The molecular weight excluding hydrogens is 294 g/mol. The van der Waals surface area contributed by atoms with Crippen LogP contribution in [0.15, 0.2) is 8.94 Å². The topological polar surface area (TPSA) is 71.4 Å². The number of piperazine rings is 1. The average Bonchev–Trinajstić information content (AvgIpc) is 3.14. The molecule has 1 aliphatic rings. The first-order chi connectivity index (χ1) is 11.1. The second-order valence-electron chi connectivity index (χ2n) is 6.14. The Morgan fingerprint density at radius 3 is 2.43 bits per heavy atom. The lowest BCUT2D eigenvalue weighted by Crippen LogP contribution is -2.46. The summed E-state index contributed by atoms with van der Waals surface area (Å²) in [4.78, 5) is 13.7. The highest BCUT2D eigenvalue weighted by Gasteiger charge is 2.26. The maximum Gasteiger partial charge on any atom is 0.243 e. The third-order valence-corrected chi connectivity index (χ3v) is 4.54. The van der Waals surface area contributed by atoms with Gasteiger partial charge in [0.25, 0.3) is 0 Å². The summed E-state index contributed by atoms with van der Waals surface area (Å²) in [5, 5.41) is 3.99. The molecule has 0 spiro atoms. The number of hydrogen-bond acceptors (Lipinski definition) is 7. The van der Waals surface area contributed by atoms with Crippen molar-refractivity contribution in [1.82, 2.24) is 24.9 Å². The monoisotopic (exact) mass is 319 g/mol. The Labute approximate surface area is 136 Å². The lowest BCUT2D eigenvalue weighted by Gasteiger charge is -2.36.